The Labute approximate surface area is 195 Å². The number of nitrogens with zero attached hydrogens (tertiary/aromatic N) is 2. The number of carbonyl (C=O) groups is 1. The van der Waals surface area contributed by atoms with Crippen molar-refractivity contribution in [3.63, 3.8) is 0 Å². The van der Waals surface area contributed by atoms with Crippen LogP contribution >= 0.6 is 11.6 Å². The van der Waals surface area contributed by atoms with Gasteiger partial charge in [-0.2, -0.15) is 13.2 Å². The Bertz CT molecular complexity index is 1130. The lowest BCUT2D eigenvalue weighted by molar-refractivity contribution is -0.274. The van der Waals surface area contributed by atoms with E-state index in [0.717, 1.165) is 41.5 Å². The van der Waals surface area contributed by atoms with Gasteiger partial charge >= 0.3 is 12.5 Å². The summed E-state index contributed by atoms with van der Waals surface area (Å²) in [6, 6.07) is 8.81. The van der Waals surface area contributed by atoms with E-state index in [1.54, 1.807) is 0 Å². The first kappa shape index (κ1) is 25.3. The molecule has 3 rings (SSSR count). The van der Waals surface area contributed by atoms with Gasteiger partial charge in [-0.1, -0.05) is 17.7 Å². The number of allylic oxidation sites excluding steroid dienone is 2. The smallest absolute Gasteiger partial charge is 0.465 e. The van der Waals surface area contributed by atoms with Crippen LogP contribution in [0.2, 0.25) is 5.02 Å². The van der Waals surface area contributed by atoms with Gasteiger partial charge in [0.05, 0.1) is 10.6 Å². The number of halogens is 7. The average Bonchev–Trinajstić information content (AvgIpc) is 2.73. The maximum atomic E-state index is 13.4. The zero-order valence-corrected chi connectivity index (χ0v) is 18.4. The van der Waals surface area contributed by atoms with Crippen molar-refractivity contribution in [1.29, 1.82) is 0 Å². The van der Waals surface area contributed by atoms with Crippen molar-refractivity contribution < 1.29 is 40.6 Å². The van der Waals surface area contributed by atoms with E-state index in [1.807, 2.05) is 0 Å². The Balaban J connectivity index is 1.95. The third kappa shape index (κ3) is 6.16. The molecule has 182 valence electrons. The van der Waals surface area contributed by atoms with Gasteiger partial charge in [0, 0.05) is 37.6 Å². The number of amides is 1. The Morgan fingerprint density at radius 3 is 2.35 bits per heavy atom. The summed E-state index contributed by atoms with van der Waals surface area (Å²) in [6.07, 6.45) is -8.03. The zero-order chi connectivity index (χ0) is 25.3. The van der Waals surface area contributed by atoms with E-state index in [4.69, 9.17) is 16.3 Å². The highest BCUT2D eigenvalue weighted by Crippen LogP contribution is 2.36. The summed E-state index contributed by atoms with van der Waals surface area (Å²) in [4.78, 5) is 14.7. The van der Waals surface area contributed by atoms with Gasteiger partial charge in [-0.3, -0.25) is 4.79 Å². The highest BCUT2D eigenvalue weighted by atomic mass is 35.5. The number of hydrogen-bond acceptors (Lipinski definition) is 4. The van der Waals surface area contributed by atoms with Crippen molar-refractivity contribution in [3.05, 3.63) is 77.0 Å². The molecule has 0 saturated heterocycles. The Hall–Kier alpha value is -3.34. The molecule has 0 bridgehead atoms. The fraction of sp³-hybridized carbons (Fsp3) is 0.227. The molecule has 5 nitrogen and oxygen atoms in total. The quantitative estimate of drug-likeness (QED) is 0.455. The number of alkyl halides is 6. The van der Waals surface area contributed by atoms with Gasteiger partial charge < -0.3 is 19.3 Å². The van der Waals surface area contributed by atoms with E-state index < -0.39 is 30.1 Å². The third-order valence-electron chi connectivity index (χ3n) is 4.50. The summed E-state index contributed by atoms with van der Waals surface area (Å²) in [5.41, 5.74) is -0.543. The van der Waals surface area contributed by atoms with Gasteiger partial charge in [0.15, 0.2) is 6.23 Å². The van der Waals surface area contributed by atoms with Gasteiger partial charge in [0.1, 0.15) is 11.5 Å². The molecule has 1 aliphatic rings. The molecule has 34 heavy (non-hydrogen) atoms. The second kappa shape index (κ2) is 9.49. The molecule has 1 amide bonds. The van der Waals surface area contributed by atoms with Crippen LogP contribution in [-0.2, 0) is 0 Å². The maximum Gasteiger partial charge on any atom is 0.573 e. The minimum absolute atomic E-state index is 0.0970. The number of anilines is 1. The van der Waals surface area contributed by atoms with Crippen LogP contribution in [0, 0.1) is 0 Å². The molecule has 0 aromatic heterocycles. The molecule has 12 heteroatoms. The Kier molecular flexibility index (Phi) is 7.06. The molecule has 0 saturated carbocycles. The number of ether oxygens (including phenoxy) is 2. The molecule has 1 heterocycles. The molecular formula is C22H17ClF6N2O3. The van der Waals surface area contributed by atoms with E-state index in [1.165, 1.54) is 43.3 Å². The molecular weight excluding hydrogens is 490 g/mol. The van der Waals surface area contributed by atoms with Gasteiger partial charge in [-0.25, -0.2) is 0 Å². The summed E-state index contributed by atoms with van der Waals surface area (Å²) in [7, 11) is 3.06. The largest absolute Gasteiger partial charge is 0.573 e. The maximum absolute atomic E-state index is 13.4. The Morgan fingerprint density at radius 2 is 1.76 bits per heavy atom. The standard InChI is InChI=1S/C22H17ClF6N2O3/c1-30(2)20(32)13-4-3-5-15(10-13)31-12-14(21(24,25)26)6-9-19(31)33-18-8-7-16(11-17(18)23)34-22(27,28)29/h3-12,19H,1-2H3. The van der Waals surface area contributed by atoms with Crippen molar-refractivity contribution in [3.8, 4) is 11.5 Å². The highest BCUT2D eigenvalue weighted by Gasteiger charge is 2.36. The van der Waals surface area contributed by atoms with Crippen molar-refractivity contribution in [2.45, 2.75) is 18.8 Å². The SMILES string of the molecule is CN(C)C(=O)c1cccc(N2C=C(C(F)(F)F)C=CC2Oc2ccc(OC(F)(F)F)cc2Cl)c1. The molecule has 0 spiro atoms. The fourth-order valence-corrected chi connectivity index (χ4v) is 3.21. The van der Waals surface area contributed by atoms with Crippen LogP contribution in [0.5, 0.6) is 11.5 Å². The fourth-order valence-electron chi connectivity index (χ4n) is 2.99. The van der Waals surface area contributed by atoms with Crippen LogP contribution in [0.3, 0.4) is 0 Å². The van der Waals surface area contributed by atoms with Gasteiger partial charge in [0.2, 0.25) is 0 Å². The molecule has 1 aliphatic heterocycles. The predicted molar refractivity (Wildman–Crippen MR) is 113 cm³/mol. The van der Waals surface area contributed by atoms with Crippen molar-refractivity contribution >= 4 is 23.2 Å². The minimum Gasteiger partial charge on any atom is -0.465 e. The molecule has 2 aromatic carbocycles. The van der Waals surface area contributed by atoms with Gasteiger partial charge in [-0.15, -0.1) is 13.2 Å². The second-order valence-electron chi connectivity index (χ2n) is 7.25. The van der Waals surface area contributed by atoms with E-state index in [9.17, 15) is 31.1 Å². The summed E-state index contributed by atoms with van der Waals surface area (Å²) >= 11 is 6.01. The van der Waals surface area contributed by atoms with Crippen LogP contribution < -0.4 is 14.4 Å². The van der Waals surface area contributed by atoms with Crippen LogP contribution in [0.1, 0.15) is 10.4 Å². The van der Waals surface area contributed by atoms with Crippen molar-refractivity contribution in [2.75, 3.05) is 19.0 Å². The van der Waals surface area contributed by atoms with Crippen molar-refractivity contribution in [1.82, 2.24) is 4.90 Å². The van der Waals surface area contributed by atoms with Crippen molar-refractivity contribution in [2.24, 2.45) is 0 Å². The lowest BCUT2D eigenvalue weighted by Crippen LogP contribution is -2.37. The highest BCUT2D eigenvalue weighted by molar-refractivity contribution is 6.32. The Morgan fingerprint density at radius 1 is 1.06 bits per heavy atom. The first-order valence-electron chi connectivity index (χ1n) is 9.54. The normalized spacial score (nSPS) is 16.2. The first-order chi connectivity index (χ1) is 15.7. The van der Waals surface area contributed by atoms with Crippen LogP contribution in [0.25, 0.3) is 0 Å². The number of carbonyl (C=O) groups excluding carboxylic acids is 1. The summed E-state index contributed by atoms with van der Waals surface area (Å²) < 4.78 is 86.9. The summed E-state index contributed by atoms with van der Waals surface area (Å²) in [6.45, 7) is 0. The lowest BCUT2D eigenvalue weighted by Gasteiger charge is -2.33. The number of rotatable bonds is 5. The van der Waals surface area contributed by atoms with Gasteiger partial charge in [0.25, 0.3) is 5.91 Å². The number of hydrogen-bond donors (Lipinski definition) is 0. The minimum atomic E-state index is -4.93. The molecule has 1 atom stereocenters. The predicted octanol–water partition coefficient (Wildman–Crippen LogP) is 6.17. The molecule has 0 aliphatic carbocycles. The van der Waals surface area contributed by atoms with Gasteiger partial charge in [-0.05, 0) is 42.5 Å². The molecule has 2 aromatic rings. The second-order valence-corrected chi connectivity index (χ2v) is 7.65. The first-order valence-corrected chi connectivity index (χ1v) is 9.91. The molecule has 0 N–H and O–H groups in total. The topological polar surface area (TPSA) is 42.0 Å². The van der Waals surface area contributed by atoms with E-state index in [2.05, 4.69) is 4.74 Å². The molecule has 0 fully saturated rings. The number of benzene rings is 2. The van der Waals surface area contributed by atoms with Crippen LogP contribution in [-0.4, -0.2) is 43.7 Å². The van der Waals surface area contributed by atoms with E-state index in [-0.39, 0.29) is 27.9 Å². The van der Waals surface area contributed by atoms with E-state index in [0.29, 0.717) is 0 Å². The molecule has 0 radical (unpaired) electrons. The molecule has 1 unspecified atom stereocenters. The monoisotopic (exact) mass is 506 g/mol. The van der Waals surface area contributed by atoms with Crippen LogP contribution in [0.4, 0.5) is 32.0 Å². The zero-order valence-electron chi connectivity index (χ0n) is 17.6. The summed E-state index contributed by atoms with van der Waals surface area (Å²) in [5.74, 6) is -1.05. The van der Waals surface area contributed by atoms with Crippen LogP contribution in [0.15, 0.2) is 66.4 Å². The lowest BCUT2D eigenvalue weighted by atomic mass is 10.1. The average molecular weight is 507 g/mol. The third-order valence-corrected chi connectivity index (χ3v) is 4.80. The van der Waals surface area contributed by atoms with E-state index >= 15 is 0 Å². The summed E-state index contributed by atoms with van der Waals surface area (Å²) in [5, 5.41) is -0.253.